The van der Waals surface area contributed by atoms with Crippen LogP contribution in [-0.4, -0.2) is 5.78 Å². The summed E-state index contributed by atoms with van der Waals surface area (Å²) in [7, 11) is 0. The largest absolute Gasteiger partial charge is 0.372 e. The maximum absolute atomic E-state index is 13.4. The second-order valence-corrected chi connectivity index (χ2v) is 4.82. The van der Waals surface area contributed by atoms with Gasteiger partial charge in [0.1, 0.15) is 5.82 Å². The molecule has 0 aliphatic carbocycles. The molecule has 0 saturated heterocycles. The van der Waals surface area contributed by atoms with E-state index >= 15 is 0 Å². The number of hydrogen-bond acceptors (Lipinski definition) is 2. The van der Waals surface area contributed by atoms with Gasteiger partial charge in [-0.1, -0.05) is 12.1 Å². The number of ketones is 1. The standard InChI is InChI=1S/C16H13FO2/c1-10-4-13(7-15(17)5-10)16(18)11-2-3-12-8-19-9-14(12)6-11/h2-7H,8-9H2,1H3. The molecule has 0 aromatic heterocycles. The highest BCUT2D eigenvalue weighted by Gasteiger charge is 2.16. The third-order valence-electron chi connectivity index (χ3n) is 3.29. The second-order valence-electron chi connectivity index (χ2n) is 4.82. The highest BCUT2D eigenvalue weighted by atomic mass is 19.1. The lowest BCUT2D eigenvalue weighted by atomic mass is 9.98. The molecule has 0 spiro atoms. The van der Waals surface area contributed by atoms with E-state index in [-0.39, 0.29) is 11.6 Å². The van der Waals surface area contributed by atoms with E-state index in [4.69, 9.17) is 4.74 Å². The lowest BCUT2D eigenvalue weighted by molar-refractivity contribution is 0.103. The van der Waals surface area contributed by atoms with Crippen LogP contribution in [0.15, 0.2) is 36.4 Å². The number of ether oxygens (including phenoxy) is 1. The summed E-state index contributed by atoms with van der Waals surface area (Å²) in [6.45, 7) is 2.91. The lowest BCUT2D eigenvalue weighted by Crippen LogP contribution is -2.03. The van der Waals surface area contributed by atoms with E-state index in [0.717, 1.165) is 16.7 Å². The fourth-order valence-corrected chi connectivity index (χ4v) is 2.35. The smallest absolute Gasteiger partial charge is 0.193 e. The van der Waals surface area contributed by atoms with Crippen LogP contribution < -0.4 is 0 Å². The van der Waals surface area contributed by atoms with Gasteiger partial charge in [-0.05, 0) is 47.9 Å². The van der Waals surface area contributed by atoms with Crippen molar-refractivity contribution in [2.24, 2.45) is 0 Å². The summed E-state index contributed by atoms with van der Waals surface area (Å²) in [6.07, 6.45) is 0. The number of aryl methyl sites for hydroxylation is 1. The molecule has 0 saturated carbocycles. The van der Waals surface area contributed by atoms with E-state index in [1.54, 1.807) is 19.1 Å². The van der Waals surface area contributed by atoms with E-state index in [1.165, 1.54) is 12.1 Å². The first-order valence-electron chi connectivity index (χ1n) is 6.15. The quantitative estimate of drug-likeness (QED) is 0.770. The van der Waals surface area contributed by atoms with Crippen LogP contribution in [0.2, 0.25) is 0 Å². The van der Waals surface area contributed by atoms with Gasteiger partial charge in [-0.15, -0.1) is 0 Å². The first-order chi connectivity index (χ1) is 9.13. The minimum atomic E-state index is -0.382. The first kappa shape index (κ1) is 12.1. The summed E-state index contributed by atoms with van der Waals surface area (Å²) in [6, 6.07) is 9.91. The Bertz CT molecular complexity index is 642. The number of hydrogen-bond donors (Lipinski definition) is 0. The molecule has 3 heteroatoms. The van der Waals surface area contributed by atoms with Gasteiger partial charge in [-0.3, -0.25) is 4.79 Å². The van der Waals surface area contributed by atoms with Crippen molar-refractivity contribution in [3.63, 3.8) is 0 Å². The highest BCUT2D eigenvalue weighted by Crippen LogP contribution is 2.22. The van der Waals surface area contributed by atoms with Crippen LogP contribution in [0, 0.1) is 12.7 Å². The Morgan fingerprint density at radius 3 is 2.63 bits per heavy atom. The zero-order valence-corrected chi connectivity index (χ0v) is 10.6. The van der Waals surface area contributed by atoms with Crippen LogP contribution >= 0.6 is 0 Å². The third-order valence-corrected chi connectivity index (χ3v) is 3.29. The molecule has 0 N–H and O–H groups in total. The summed E-state index contributed by atoms with van der Waals surface area (Å²) in [5.41, 5.74) is 3.87. The second kappa shape index (κ2) is 4.59. The van der Waals surface area contributed by atoms with Crippen molar-refractivity contribution in [1.82, 2.24) is 0 Å². The van der Waals surface area contributed by atoms with E-state index in [9.17, 15) is 9.18 Å². The van der Waals surface area contributed by atoms with Gasteiger partial charge in [0, 0.05) is 11.1 Å². The molecule has 0 radical (unpaired) electrons. The first-order valence-corrected chi connectivity index (χ1v) is 6.15. The maximum Gasteiger partial charge on any atom is 0.193 e. The van der Waals surface area contributed by atoms with Gasteiger partial charge < -0.3 is 4.74 Å². The third kappa shape index (κ3) is 2.29. The van der Waals surface area contributed by atoms with E-state index in [0.29, 0.717) is 24.3 Å². The van der Waals surface area contributed by atoms with Crippen molar-refractivity contribution in [3.05, 3.63) is 70.0 Å². The Morgan fingerprint density at radius 1 is 1.05 bits per heavy atom. The van der Waals surface area contributed by atoms with Crippen molar-refractivity contribution in [3.8, 4) is 0 Å². The van der Waals surface area contributed by atoms with Crippen LogP contribution in [0.5, 0.6) is 0 Å². The van der Waals surface area contributed by atoms with Gasteiger partial charge in [0.15, 0.2) is 5.78 Å². The number of rotatable bonds is 2. The van der Waals surface area contributed by atoms with Gasteiger partial charge in [-0.2, -0.15) is 0 Å². The average molecular weight is 256 g/mol. The van der Waals surface area contributed by atoms with Crippen LogP contribution in [0.4, 0.5) is 4.39 Å². The molecule has 19 heavy (non-hydrogen) atoms. The van der Waals surface area contributed by atoms with Crippen molar-refractivity contribution >= 4 is 5.78 Å². The summed E-state index contributed by atoms with van der Waals surface area (Å²) in [5.74, 6) is -0.537. The van der Waals surface area contributed by atoms with Gasteiger partial charge in [-0.25, -0.2) is 4.39 Å². The molecule has 1 aliphatic rings. The predicted octanol–water partition coefficient (Wildman–Crippen LogP) is 3.40. The van der Waals surface area contributed by atoms with Crippen LogP contribution in [0.25, 0.3) is 0 Å². The Hall–Kier alpha value is -2.00. The molecule has 3 rings (SSSR count). The molecule has 0 fully saturated rings. The molecule has 1 aliphatic heterocycles. The summed E-state index contributed by atoms with van der Waals surface area (Å²) >= 11 is 0. The van der Waals surface area contributed by atoms with E-state index < -0.39 is 0 Å². The molecule has 1 heterocycles. The molecular weight excluding hydrogens is 243 g/mol. The van der Waals surface area contributed by atoms with Crippen molar-refractivity contribution < 1.29 is 13.9 Å². The summed E-state index contributed by atoms with van der Waals surface area (Å²) in [5, 5.41) is 0. The highest BCUT2D eigenvalue weighted by molar-refractivity contribution is 6.09. The van der Waals surface area contributed by atoms with Crippen molar-refractivity contribution in [2.45, 2.75) is 20.1 Å². The minimum Gasteiger partial charge on any atom is -0.372 e. The number of fused-ring (bicyclic) bond motifs is 1. The fourth-order valence-electron chi connectivity index (χ4n) is 2.35. The zero-order chi connectivity index (χ0) is 13.4. The average Bonchev–Trinajstić information content (AvgIpc) is 2.83. The maximum atomic E-state index is 13.4. The molecule has 0 bridgehead atoms. The molecule has 2 aromatic rings. The van der Waals surface area contributed by atoms with Gasteiger partial charge >= 0.3 is 0 Å². The molecule has 0 amide bonds. The van der Waals surface area contributed by atoms with Crippen LogP contribution in [0.3, 0.4) is 0 Å². The molecule has 0 atom stereocenters. The summed E-state index contributed by atoms with van der Waals surface area (Å²) < 4.78 is 18.7. The monoisotopic (exact) mass is 256 g/mol. The van der Waals surface area contributed by atoms with Gasteiger partial charge in [0.25, 0.3) is 0 Å². The Labute approximate surface area is 110 Å². The molecule has 2 nitrogen and oxygen atoms in total. The van der Waals surface area contributed by atoms with Gasteiger partial charge in [0.05, 0.1) is 13.2 Å². The lowest BCUT2D eigenvalue weighted by Gasteiger charge is -2.05. The molecular formula is C16H13FO2. The number of carbonyl (C=O) groups excluding carboxylic acids is 1. The Morgan fingerprint density at radius 2 is 1.84 bits per heavy atom. The number of benzene rings is 2. The van der Waals surface area contributed by atoms with Gasteiger partial charge in [0.2, 0.25) is 0 Å². The SMILES string of the molecule is Cc1cc(F)cc(C(=O)c2ccc3c(c2)COC3)c1. The Balaban J connectivity index is 1.99. The summed E-state index contributed by atoms with van der Waals surface area (Å²) in [4.78, 5) is 12.3. The number of halogens is 1. The topological polar surface area (TPSA) is 26.3 Å². The van der Waals surface area contributed by atoms with E-state index in [1.807, 2.05) is 12.1 Å². The number of carbonyl (C=O) groups is 1. The molecule has 0 unspecified atom stereocenters. The Kier molecular flexibility index (Phi) is 2.91. The van der Waals surface area contributed by atoms with Crippen LogP contribution in [-0.2, 0) is 18.0 Å². The molecule has 96 valence electrons. The fraction of sp³-hybridized carbons (Fsp3) is 0.188. The van der Waals surface area contributed by atoms with E-state index in [2.05, 4.69) is 0 Å². The normalized spacial score (nSPS) is 13.4. The molecule has 2 aromatic carbocycles. The van der Waals surface area contributed by atoms with Crippen molar-refractivity contribution in [1.29, 1.82) is 0 Å². The minimum absolute atomic E-state index is 0.155. The van der Waals surface area contributed by atoms with Crippen LogP contribution in [0.1, 0.15) is 32.6 Å². The zero-order valence-electron chi connectivity index (χ0n) is 10.6. The van der Waals surface area contributed by atoms with Crippen molar-refractivity contribution in [2.75, 3.05) is 0 Å². The predicted molar refractivity (Wildman–Crippen MR) is 69.5 cm³/mol.